The molecule has 3 heteroatoms. The summed E-state index contributed by atoms with van der Waals surface area (Å²) in [6.45, 7) is 3.88. The molecular formula is C17H20FNO. The molecular weight excluding hydrogens is 253 g/mol. The van der Waals surface area contributed by atoms with Gasteiger partial charge in [0, 0.05) is 11.3 Å². The number of nitrogens with one attached hydrogen (secondary N) is 1. The fraction of sp³-hybridized carbons (Fsp3) is 0.294. The molecule has 0 aliphatic heterocycles. The Labute approximate surface area is 119 Å². The van der Waals surface area contributed by atoms with E-state index >= 15 is 0 Å². The fourth-order valence-corrected chi connectivity index (χ4v) is 2.29. The van der Waals surface area contributed by atoms with Crippen LogP contribution in [0.2, 0.25) is 0 Å². The van der Waals surface area contributed by atoms with E-state index < -0.39 is 0 Å². The third kappa shape index (κ3) is 3.10. The predicted molar refractivity (Wildman–Crippen MR) is 80.8 cm³/mol. The highest BCUT2D eigenvalue weighted by molar-refractivity contribution is 5.49. The number of hydrogen-bond acceptors (Lipinski definition) is 2. The van der Waals surface area contributed by atoms with Gasteiger partial charge in [-0.3, -0.25) is 0 Å². The van der Waals surface area contributed by atoms with Gasteiger partial charge in [0.25, 0.3) is 0 Å². The molecule has 2 nitrogen and oxygen atoms in total. The van der Waals surface area contributed by atoms with Crippen molar-refractivity contribution < 1.29 is 9.13 Å². The number of halogens is 1. The lowest BCUT2D eigenvalue weighted by Crippen LogP contribution is -2.11. The van der Waals surface area contributed by atoms with Gasteiger partial charge < -0.3 is 10.1 Å². The average molecular weight is 273 g/mol. The van der Waals surface area contributed by atoms with Crippen LogP contribution in [0.5, 0.6) is 5.75 Å². The van der Waals surface area contributed by atoms with Crippen molar-refractivity contribution in [3.8, 4) is 5.75 Å². The summed E-state index contributed by atoms with van der Waals surface area (Å²) in [6, 6.07) is 13.2. The van der Waals surface area contributed by atoms with Crippen molar-refractivity contribution in [1.82, 2.24) is 0 Å². The second kappa shape index (κ2) is 6.42. The Morgan fingerprint density at radius 1 is 1.20 bits per heavy atom. The largest absolute Gasteiger partial charge is 0.496 e. The third-order valence-corrected chi connectivity index (χ3v) is 3.42. The van der Waals surface area contributed by atoms with Gasteiger partial charge in [0.15, 0.2) is 0 Å². The van der Waals surface area contributed by atoms with E-state index in [1.54, 1.807) is 20.1 Å². The smallest absolute Gasteiger partial charge is 0.126 e. The van der Waals surface area contributed by atoms with Crippen LogP contribution in [0.4, 0.5) is 10.1 Å². The summed E-state index contributed by atoms with van der Waals surface area (Å²) in [7, 11) is 1.67. The molecule has 0 saturated carbocycles. The maximum absolute atomic E-state index is 13.3. The lowest BCUT2D eigenvalue weighted by molar-refractivity contribution is 0.406. The van der Waals surface area contributed by atoms with E-state index in [-0.39, 0.29) is 11.9 Å². The van der Waals surface area contributed by atoms with Gasteiger partial charge in [0.05, 0.1) is 13.2 Å². The highest BCUT2D eigenvalue weighted by Gasteiger charge is 2.14. The second-order valence-electron chi connectivity index (χ2n) is 4.81. The van der Waals surface area contributed by atoms with Crippen molar-refractivity contribution in [3.05, 3.63) is 59.4 Å². The molecule has 0 aliphatic carbocycles. The van der Waals surface area contributed by atoms with Crippen molar-refractivity contribution in [2.45, 2.75) is 26.3 Å². The van der Waals surface area contributed by atoms with Crippen molar-refractivity contribution in [3.63, 3.8) is 0 Å². The summed E-state index contributed by atoms with van der Waals surface area (Å²) in [6.07, 6.45) is 0.913. The molecule has 106 valence electrons. The first-order chi connectivity index (χ1) is 9.65. The van der Waals surface area contributed by atoms with E-state index in [0.29, 0.717) is 5.56 Å². The maximum atomic E-state index is 13.3. The molecule has 1 N–H and O–H groups in total. The van der Waals surface area contributed by atoms with E-state index in [4.69, 9.17) is 4.74 Å². The minimum absolute atomic E-state index is 0.135. The molecule has 0 aromatic heterocycles. The predicted octanol–water partition coefficient (Wildman–Crippen LogP) is 4.71. The summed E-state index contributed by atoms with van der Waals surface area (Å²) in [4.78, 5) is 0. The number of ether oxygens (including phenoxy) is 1. The molecule has 1 unspecified atom stereocenters. The minimum atomic E-state index is -0.180. The standard InChI is InChI=1S/C17H20FNO/c1-4-16(14-7-5-6-8-17(14)20-3)19-13-9-10-15(18)12(2)11-13/h5-11,16,19H,4H2,1-3H3. The highest BCUT2D eigenvalue weighted by Crippen LogP contribution is 2.30. The van der Waals surface area contributed by atoms with Crippen molar-refractivity contribution >= 4 is 5.69 Å². The molecule has 1 atom stereocenters. The number of methoxy groups -OCH3 is 1. The Kier molecular flexibility index (Phi) is 4.61. The molecule has 0 heterocycles. The fourth-order valence-electron chi connectivity index (χ4n) is 2.29. The van der Waals surface area contributed by atoms with E-state index in [0.717, 1.165) is 23.4 Å². The van der Waals surface area contributed by atoms with Crippen LogP contribution in [-0.2, 0) is 0 Å². The SMILES string of the molecule is CCC(Nc1ccc(F)c(C)c1)c1ccccc1OC. The van der Waals surface area contributed by atoms with Crippen LogP contribution in [-0.4, -0.2) is 7.11 Å². The van der Waals surface area contributed by atoms with Gasteiger partial charge in [0.2, 0.25) is 0 Å². The molecule has 0 amide bonds. The zero-order valence-electron chi connectivity index (χ0n) is 12.1. The first-order valence-corrected chi connectivity index (χ1v) is 6.81. The van der Waals surface area contributed by atoms with Crippen LogP contribution < -0.4 is 10.1 Å². The van der Waals surface area contributed by atoms with Crippen LogP contribution in [0.25, 0.3) is 0 Å². The van der Waals surface area contributed by atoms with Crippen LogP contribution in [0.3, 0.4) is 0 Å². The van der Waals surface area contributed by atoms with Gasteiger partial charge in [-0.15, -0.1) is 0 Å². The lowest BCUT2D eigenvalue weighted by atomic mass is 10.0. The van der Waals surface area contributed by atoms with Gasteiger partial charge in [-0.1, -0.05) is 25.1 Å². The van der Waals surface area contributed by atoms with Crippen molar-refractivity contribution in [2.24, 2.45) is 0 Å². The molecule has 0 bridgehead atoms. The molecule has 20 heavy (non-hydrogen) atoms. The molecule has 0 spiro atoms. The number of rotatable bonds is 5. The summed E-state index contributed by atoms with van der Waals surface area (Å²) < 4.78 is 18.7. The Morgan fingerprint density at radius 3 is 2.60 bits per heavy atom. The molecule has 0 saturated heterocycles. The highest BCUT2D eigenvalue weighted by atomic mass is 19.1. The Hall–Kier alpha value is -2.03. The van der Waals surface area contributed by atoms with Gasteiger partial charge in [-0.05, 0) is 43.2 Å². The zero-order chi connectivity index (χ0) is 14.5. The number of aryl methyl sites for hydroxylation is 1. The second-order valence-corrected chi connectivity index (χ2v) is 4.81. The number of para-hydroxylation sites is 1. The van der Waals surface area contributed by atoms with Gasteiger partial charge in [-0.25, -0.2) is 4.39 Å². The summed E-state index contributed by atoms with van der Waals surface area (Å²) in [5, 5.41) is 3.44. The lowest BCUT2D eigenvalue weighted by Gasteiger charge is -2.21. The third-order valence-electron chi connectivity index (χ3n) is 3.42. The Balaban J connectivity index is 2.26. The Bertz CT molecular complexity index is 583. The molecule has 0 aliphatic rings. The van der Waals surface area contributed by atoms with E-state index in [1.165, 1.54) is 6.07 Å². The number of benzene rings is 2. The van der Waals surface area contributed by atoms with Crippen LogP contribution >= 0.6 is 0 Å². The summed E-state index contributed by atoms with van der Waals surface area (Å²) in [5.74, 6) is 0.687. The van der Waals surface area contributed by atoms with Gasteiger partial charge >= 0.3 is 0 Å². The molecule has 2 aromatic carbocycles. The molecule has 0 radical (unpaired) electrons. The van der Waals surface area contributed by atoms with E-state index in [9.17, 15) is 4.39 Å². The van der Waals surface area contributed by atoms with Crippen molar-refractivity contribution in [1.29, 1.82) is 0 Å². The average Bonchev–Trinajstić information content (AvgIpc) is 2.48. The van der Waals surface area contributed by atoms with Gasteiger partial charge in [0.1, 0.15) is 11.6 Å². The monoisotopic (exact) mass is 273 g/mol. The first kappa shape index (κ1) is 14.4. The van der Waals surface area contributed by atoms with Gasteiger partial charge in [-0.2, -0.15) is 0 Å². The summed E-state index contributed by atoms with van der Waals surface area (Å²) >= 11 is 0. The van der Waals surface area contributed by atoms with Crippen LogP contribution in [0.15, 0.2) is 42.5 Å². The first-order valence-electron chi connectivity index (χ1n) is 6.81. The minimum Gasteiger partial charge on any atom is -0.496 e. The number of hydrogen-bond donors (Lipinski definition) is 1. The van der Waals surface area contributed by atoms with E-state index in [2.05, 4.69) is 18.3 Å². The summed E-state index contributed by atoms with van der Waals surface area (Å²) in [5.41, 5.74) is 2.67. The molecule has 0 fully saturated rings. The number of anilines is 1. The van der Waals surface area contributed by atoms with Crippen LogP contribution in [0.1, 0.15) is 30.5 Å². The molecule has 2 rings (SSSR count). The topological polar surface area (TPSA) is 21.3 Å². The normalized spacial score (nSPS) is 12.0. The Morgan fingerprint density at radius 2 is 1.95 bits per heavy atom. The maximum Gasteiger partial charge on any atom is 0.126 e. The van der Waals surface area contributed by atoms with E-state index in [1.807, 2.05) is 24.3 Å². The van der Waals surface area contributed by atoms with Crippen molar-refractivity contribution in [2.75, 3.05) is 12.4 Å². The zero-order valence-corrected chi connectivity index (χ0v) is 12.1. The molecule has 2 aromatic rings. The quantitative estimate of drug-likeness (QED) is 0.852. The van der Waals surface area contributed by atoms with Crippen LogP contribution in [0, 0.1) is 12.7 Å².